The normalized spacial score (nSPS) is 19.5. The minimum atomic E-state index is -3.07. The van der Waals surface area contributed by atoms with Crippen molar-refractivity contribution in [3.63, 3.8) is 0 Å². The molecular formula is C16H26N2O3S. The zero-order valence-electron chi connectivity index (χ0n) is 13.8. The van der Waals surface area contributed by atoms with Crippen molar-refractivity contribution in [2.75, 3.05) is 37.9 Å². The van der Waals surface area contributed by atoms with Crippen molar-refractivity contribution in [1.82, 2.24) is 5.32 Å². The number of benzene rings is 1. The van der Waals surface area contributed by atoms with Gasteiger partial charge in [-0.25, -0.2) is 8.42 Å². The summed E-state index contributed by atoms with van der Waals surface area (Å²) in [5, 5.41) is 3.40. The zero-order valence-corrected chi connectivity index (χ0v) is 14.6. The van der Waals surface area contributed by atoms with E-state index in [1.807, 2.05) is 18.2 Å². The van der Waals surface area contributed by atoms with Crippen LogP contribution in [0, 0.1) is 0 Å². The molecule has 0 aliphatic carbocycles. The van der Waals surface area contributed by atoms with Gasteiger partial charge in [0.15, 0.2) is 9.84 Å². The Morgan fingerprint density at radius 3 is 2.68 bits per heavy atom. The van der Waals surface area contributed by atoms with Gasteiger partial charge in [-0.1, -0.05) is 12.1 Å². The van der Waals surface area contributed by atoms with E-state index in [-0.39, 0.29) is 0 Å². The van der Waals surface area contributed by atoms with Crippen molar-refractivity contribution in [1.29, 1.82) is 0 Å². The molecule has 0 bridgehead atoms. The van der Waals surface area contributed by atoms with Gasteiger partial charge < -0.3 is 15.0 Å². The maximum Gasteiger partial charge on any atom is 0.153 e. The number of anilines is 1. The molecule has 1 saturated heterocycles. The Kier molecular flexibility index (Phi) is 5.02. The molecule has 0 spiro atoms. The van der Waals surface area contributed by atoms with Crippen LogP contribution in [0.3, 0.4) is 0 Å². The van der Waals surface area contributed by atoms with Crippen LogP contribution in [0.2, 0.25) is 0 Å². The first-order chi connectivity index (χ1) is 10.2. The van der Waals surface area contributed by atoms with E-state index in [2.05, 4.69) is 16.3 Å². The first-order valence-corrected chi connectivity index (χ1v) is 9.45. The second-order valence-corrected chi connectivity index (χ2v) is 9.17. The quantitative estimate of drug-likeness (QED) is 0.862. The highest BCUT2D eigenvalue weighted by atomic mass is 32.2. The molecule has 1 aromatic rings. The second-order valence-electron chi connectivity index (χ2n) is 6.52. The van der Waals surface area contributed by atoms with E-state index in [0.29, 0.717) is 12.6 Å². The number of hydrogen-bond donors (Lipinski definition) is 1. The summed E-state index contributed by atoms with van der Waals surface area (Å²) in [6.45, 7) is 5.80. The van der Waals surface area contributed by atoms with E-state index in [9.17, 15) is 8.42 Å². The van der Waals surface area contributed by atoms with Gasteiger partial charge in [-0.3, -0.25) is 0 Å². The summed E-state index contributed by atoms with van der Waals surface area (Å²) in [5.41, 5.74) is 1.09. The first kappa shape index (κ1) is 17.1. The molecule has 1 aromatic carbocycles. The molecule has 5 nitrogen and oxygen atoms in total. The van der Waals surface area contributed by atoms with Gasteiger partial charge in [0.2, 0.25) is 0 Å². The van der Waals surface area contributed by atoms with Crippen molar-refractivity contribution in [3.8, 4) is 5.75 Å². The lowest BCUT2D eigenvalue weighted by molar-refractivity contribution is 0.414. The van der Waals surface area contributed by atoms with Gasteiger partial charge >= 0.3 is 0 Å². The molecule has 0 radical (unpaired) electrons. The summed E-state index contributed by atoms with van der Waals surface area (Å²) >= 11 is 0. The molecule has 1 fully saturated rings. The van der Waals surface area contributed by atoms with E-state index in [1.54, 1.807) is 21.0 Å². The fraction of sp³-hybridized carbons (Fsp3) is 0.625. The minimum absolute atomic E-state index is 0.297. The largest absolute Gasteiger partial charge is 0.495 e. The Bertz CT molecular complexity index is 614. The van der Waals surface area contributed by atoms with Gasteiger partial charge in [0.25, 0.3) is 0 Å². The predicted octanol–water partition coefficient (Wildman–Crippen LogP) is 1.69. The number of hydrogen-bond acceptors (Lipinski definition) is 5. The molecule has 22 heavy (non-hydrogen) atoms. The third-order valence-corrected chi connectivity index (χ3v) is 6.59. The number of rotatable bonds is 6. The summed E-state index contributed by atoms with van der Waals surface area (Å²) in [6, 6.07) is 8.28. The van der Waals surface area contributed by atoms with Crippen LogP contribution in [0.5, 0.6) is 5.75 Å². The molecule has 1 heterocycles. The van der Waals surface area contributed by atoms with Gasteiger partial charge in [0.05, 0.1) is 17.5 Å². The maximum atomic E-state index is 11.8. The van der Waals surface area contributed by atoms with Crippen LogP contribution in [-0.2, 0) is 9.84 Å². The van der Waals surface area contributed by atoms with Crippen molar-refractivity contribution in [3.05, 3.63) is 24.3 Å². The Morgan fingerprint density at radius 1 is 1.36 bits per heavy atom. The predicted molar refractivity (Wildman–Crippen MR) is 90.5 cm³/mol. The van der Waals surface area contributed by atoms with Crippen LogP contribution >= 0.6 is 0 Å². The third-order valence-electron chi connectivity index (χ3n) is 4.43. The van der Waals surface area contributed by atoms with Crippen LogP contribution < -0.4 is 15.0 Å². The fourth-order valence-corrected chi connectivity index (χ4v) is 2.90. The van der Waals surface area contributed by atoms with Gasteiger partial charge in [-0.2, -0.15) is 0 Å². The Balaban J connectivity index is 1.96. The van der Waals surface area contributed by atoms with Crippen molar-refractivity contribution < 1.29 is 13.2 Å². The highest BCUT2D eigenvalue weighted by Gasteiger charge is 2.32. The molecule has 6 heteroatoms. The van der Waals surface area contributed by atoms with Crippen LogP contribution in [0.25, 0.3) is 0 Å². The Labute approximate surface area is 133 Å². The highest BCUT2D eigenvalue weighted by molar-refractivity contribution is 7.92. The summed E-state index contributed by atoms with van der Waals surface area (Å²) in [5.74, 6) is 0.875. The number of methoxy groups -OCH3 is 1. The van der Waals surface area contributed by atoms with Crippen LogP contribution in [0.1, 0.15) is 20.3 Å². The summed E-state index contributed by atoms with van der Waals surface area (Å²) in [4.78, 5) is 2.28. The zero-order chi connectivity index (χ0) is 16.4. The number of sulfone groups is 1. The van der Waals surface area contributed by atoms with Gasteiger partial charge in [-0.15, -0.1) is 0 Å². The number of para-hydroxylation sites is 2. The van der Waals surface area contributed by atoms with E-state index >= 15 is 0 Å². The molecule has 1 aliphatic rings. The van der Waals surface area contributed by atoms with Gasteiger partial charge in [0.1, 0.15) is 5.75 Å². The van der Waals surface area contributed by atoms with Crippen molar-refractivity contribution >= 4 is 15.5 Å². The highest BCUT2D eigenvalue weighted by Crippen LogP contribution is 2.30. The molecule has 124 valence electrons. The molecule has 1 N–H and O–H groups in total. The lowest BCUT2D eigenvalue weighted by Gasteiger charge is -2.26. The Morgan fingerprint density at radius 2 is 2.05 bits per heavy atom. The molecule has 0 aromatic heterocycles. The maximum absolute atomic E-state index is 11.8. The van der Waals surface area contributed by atoms with E-state index in [4.69, 9.17) is 4.74 Å². The van der Waals surface area contributed by atoms with Crippen LogP contribution in [-0.4, -0.2) is 52.2 Å². The van der Waals surface area contributed by atoms with Gasteiger partial charge in [-0.05, 0) is 32.4 Å². The molecule has 2 rings (SSSR count). The molecule has 1 unspecified atom stereocenters. The topological polar surface area (TPSA) is 58.6 Å². The van der Waals surface area contributed by atoms with Crippen molar-refractivity contribution in [2.45, 2.75) is 31.1 Å². The SMILES string of the molecule is COc1ccccc1N1CCC(NCC(C)(C)S(C)(=O)=O)C1. The lowest BCUT2D eigenvalue weighted by Crippen LogP contribution is -2.46. The van der Waals surface area contributed by atoms with Crippen molar-refractivity contribution in [2.24, 2.45) is 0 Å². The number of nitrogens with zero attached hydrogens (tertiary/aromatic N) is 1. The number of nitrogens with one attached hydrogen (secondary N) is 1. The standard InChI is InChI=1S/C16H26N2O3S/c1-16(2,22(4,19)20)12-17-13-9-10-18(11-13)14-7-5-6-8-15(14)21-3/h5-8,13,17H,9-12H2,1-4H3. The second kappa shape index (κ2) is 6.46. The molecule has 0 saturated carbocycles. The molecule has 1 aliphatic heterocycles. The summed E-state index contributed by atoms with van der Waals surface area (Å²) < 4.78 is 28.2. The molecular weight excluding hydrogens is 300 g/mol. The van der Waals surface area contributed by atoms with Crippen LogP contribution in [0.4, 0.5) is 5.69 Å². The smallest absolute Gasteiger partial charge is 0.153 e. The first-order valence-electron chi connectivity index (χ1n) is 7.55. The molecule has 0 amide bonds. The monoisotopic (exact) mass is 326 g/mol. The number of ether oxygens (including phenoxy) is 1. The lowest BCUT2D eigenvalue weighted by atomic mass is 10.2. The average molecular weight is 326 g/mol. The van der Waals surface area contributed by atoms with E-state index in [1.165, 1.54) is 6.26 Å². The minimum Gasteiger partial charge on any atom is -0.495 e. The van der Waals surface area contributed by atoms with Gasteiger partial charge in [0, 0.05) is 31.9 Å². The summed E-state index contributed by atoms with van der Waals surface area (Å²) in [7, 11) is -1.39. The Hall–Kier alpha value is -1.27. The fourth-order valence-electron chi connectivity index (χ4n) is 2.56. The third kappa shape index (κ3) is 3.73. The van der Waals surface area contributed by atoms with E-state index in [0.717, 1.165) is 30.9 Å². The van der Waals surface area contributed by atoms with Crippen LogP contribution in [0.15, 0.2) is 24.3 Å². The average Bonchev–Trinajstić information content (AvgIpc) is 2.92. The van der Waals surface area contributed by atoms with E-state index < -0.39 is 14.6 Å². The summed E-state index contributed by atoms with van der Waals surface area (Å²) in [6.07, 6.45) is 2.29. The molecule has 1 atom stereocenters.